The van der Waals surface area contributed by atoms with E-state index in [0.717, 1.165) is 31.2 Å². The van der Waals surface area contributed by atoms with Gasteiger partial charge in [-0.2, -0.15) is 4.31 Å². The van der Waals surface area contributed by atoms with Gasteiger partial charge >= 0.3 is 0 Å². The van der Waals surface area contributed by atoms with Crippen molar-refractivity contribution in [2.45, 2.75) is 30.6 Å². The first-order valence-corrected chi connectivity index (χ1v) is 12.8. The minimum Gasteiger partial charge on any atom is -0.493 e. The van der Waals surface area contributed by atoms with E-state index in [0.29, 0.717) is 54.0 Å². The standard InChI is InChI=1S/C24H28N2O6S/c1-30-21-15-19(16-22-23(21)32-13-12-31-22)24(27)25-8-10-26(11-9-25)33(28,29)20-7-6-17-4-2-3-5-18(17)14-20/h6-7,14-16H,2-5,8-13H2,1H3. The van der Waals surface area contributed by atoms with Crippen molar-refractivity contribution in [1.29, 1.82) is 0 Å². The Bertz CT molecular complexity index is 1150. The van der Waals surface area contributed by atoms with E-state index in [-0.39, 0.29) is 19.0 Å². The maximum atomic E-state index is 13.2. The predicted octanol–water partition coefficient (Wildman–Crippen LogP) is 2.49. The highest BCUT2D eigenvalue weighted by Gasteiger charge is 2.32. The minimum atomic E-state index is -3.59. The van der Waals surface area contributed by atoms with Gasteiger partial charge in [-0.05, 0) is 61.1 Å². The molecule has 2 aromatic rings. The van der Waals surface area contributed by atoms with Crippen molar-refractivity contribution >= 4 is 15.9 Å². The highest BCUT2D eigenvalue weighted by molar-refractivity contribution is 7.89. The largest absolute Gasteiger partial charge is 0.493 e. The predicted molar refractivity (Wildman–Crippen MR) is 122 cm³/mol. The molecule has 176 valence electrons. The van der Waals surface area contributed by atoms with Crippen molar-refractivity contribution in [1.82, 2.24) is 9.21 Å². The zero-order valence-electron chi connectivity index (χ0n) is 18.7. The molecule has 1 aliphatic carbocycles. The van der Waals surface area contributed by atoms with E-state index in [4.69, 9.17) is 14.2 Å². The number of benzene rings is 2. The summed E-state index contributed by atoms with van der Waals surface area (Å²) in [5, 5.41) is 0. The Morgan fingerprint density at radius 1 is 0.939 bits per heavy atom. The molecule has 3 aliphatic rings. The Morgan fingerprint density at radius 2 is 1.67 bits per heavy atom. The number of hydrogen-bond donors (Lipinski definition) is 0. The minimum absolute atomic E-state index is 0.184. The zero-order valence-corrected chi connectivity index (χ0v) is 19.5. The number of piperazine rings is 1. The summed E-state index contributed by atoms with van der Waals surface area (Å²) < 4.78 is 44.6. The van der Waals surface area contributed by atoms with Gasteiger partial charge in [-0.15, -0.1) is 0 Å². The van der Waals surface area contributed by atoms with Crippen LogP contribution in [-0.2, 0) is 22.9 Å². The number of carbonyl (C=O) groups is 1. The molecule has 0 unspecified atom stereocenters. The molecule has 9 heteroatoms. The van der Waals surface area contributed by atoms with E-state index < -0.39 is 10.0 Å². The summed E-state index contributed by atoms with van der Waals surface area (Å²) in [6, 6.07) is 8.82. The Morgan fingerprint density at radius 3 is 2.42 bits per heavy atom. The maximum Gasteiger partial charge on any atom is 0.254 e. The second-order valence-corrected chi connectivity index (χ2v) is 10.5. The number of ether oxygens (including phenoxy) is 3. The number of aryl methyl sites for hydroxylation is 2. The smallest absolute Gasteiger partial charge is 0.254 e. The fourth-order valence-corrected chi connectivity index (χ4v) is 6.20. The van der Waals surface area contributed by atoms with Gasteiger partial charge < -0.3 is 19.1 Å². The molecule has 2 aliphatic heterocycles. The van der Waals surface area contributed by atoms with Crippen LogP contribution in [0.15, 0.2) is 35.2 Å². The summed E-state index contributed by atoms with van der Waals surface area (Å²) in [5.74, 6) is 1.25. The zero-order chi connectivity index (χ0) is 23.0. The molecular weight excluding hydrogens is 444 g/mol. The first kappa shape index (κ1) is 22.0. The summed E-state index contributed by atoms with van der Waals surface area (Å²) in [7, 11) is -2.07. The summed E-state index contributed by atoms with van der Waals surface area (Å²) in [4.78, 5) is 15.2. The van der Waals surface area contributed by atoms with Crippen LogP contribution in [0, 0.1) is 0 Å². The quantitative estimate of drug-likeness (QED) is 0.680. The number of methoxy groups -OCH3 is 1. The first-order valence-electron chi connectivity index (χ1n) is 11.4. The van der Waals surface area contributed by atoms with Gasteiger partial charge in [0, 0.05) is 31.7 Å². The lowest BCUT2D eigenvalue weighted by Gasteiger charge is -2.34. The molecule has 0 aromatic heterocycles. The summed E-state index contributed by atoms with van der Waals surface area (Å²) >= 11 is 0. The number of nitrogens with zero attached hydrogens (tertiary/aromatic N) is 2. The van der Waals surface area contributed by atoms with Gasteiger partial charge in [-0.25, -0.2) is 8.42 Å². The van der Waals surface area contributed by atoms with Gasteiger partial charge in [0.1, 0.15) is 13.2 Å². The van der Waals surface area contributed by atoms with Gasteiger partial charge in [0.25, 0.3) is 5.91 Å². The fourth-order valence-electron chi connectivity index (χ4n) is 4.73. The van der Waals surface area contributed by atoms with Crippen molar-refractivity contribution < 1.29 is 27.4 Å². The molecule has 1 fully saturated rings. The van der Waals surface area contributed by atoms with E-state index in [1.165, 1.54) is 17.0 Å². The van der Waals surface area contributed by atoms with Crippen LogP contribution in [-0.4, -0.2) is 70.0 Å². The van der Waals surface area contributed by atoms with E-state index >= 15 is 0 Å². The van der Waals surface area contributed by atoms with Gasteiger partial charge in [0.2, 0.25) is 15.8 Å². The van der Waals surface area contributed by atoms with Gasteiger partial charge in [-0.3, -0.25) is 4.79 Å². The van der Waals surface area contributed by atoms with Gasteiger partial charge in [0.05, 0.1) is 12.0 Å². The Balaban J connectivity index is 1.29. The normalized spacial score (nSPS) is 18.5. The second-order valence-electron chi connectivity index (χ2n) is 8.54. The lowest BCUT2D eigenvalue weighted by molar-refractivity contribution is 0.0696. The topological polar surface area (TPSA) is 85.4 Å². The molecule has 0 bridgehead atoms. The van der Waals surface area contributed by atoms with Crippen molar-refractivity contribution in [2.24, 2.45) is 0 Å². The molecule has 8 nitrogen and oxygen atoms in total. The average Bonchev–Trinajstić information content (AvgIpc) is 2.87. The maximum absolute atomic E-state index is 13.2. The van der Waals surface area contributed by atoms with Crippen LogP contribution >= 0.6 is 0 Å². The fraction of sp³-hybridized carbons (Fsp3) is 0.458. The number of carbonyl (C=O) groups excluding carboxylic acids is 1. The third-order valence-electron chi connectivity index (χ3n) is 6.56. The molecular formula is C24H28N2O6S. The highest BCUT2D eigenvalue weighted by atomic mass is 32.2. The van der Waals surface area contributed by atoms with Crippen molar-refractivity contribution in [3.05, 3.63) is 47.0 Å². The van der Waals surface area contributed by atoms with E-state index in [9.17, 15) is 13.2 Å². The van der Waals surface area contributed by atoms with Crippen LogP contribution in [0.25, 0.3) is 0 Å². The molecule has 0 saturated carbocycles. The highest BCUT2D eigenvalue weighted by Crippen LogP contribution is 2.40. The van der Waals surface area contributed by atoms with Gasteiger partial charge in [0.15, 0.2) is 11.5 Å². The SMILES string of the molecule is COc1cc(C(=O)N2CCN(S(=O)(=O)c3ccc4c(c3)CCCC4)CC2)cc2c1OCCO2. The van der Waals surface area contributed by atoms with Crippen molar-refractivity contribution in [3.63, 3.8) is 0 Å². The van der Waals surface area contributed by atoms with Crippen LogP contribution < -0.4 is 14.2 Å². The van der Waals surface area contributed by atoms with Crippen molar-refractivity contribution in [2.75, 3.05) is 46.5 Å². The lowest BCUT2D eigenvalue weighted by atomic mass is 9.92. The van der Waals surface area contributed by atoms with E-state index in [1.807, 2.05) is 12.1 Å². The molecule has 0 N–H and O–H groups in total. The summed E-state index contributed by atoms with van der Waals surface area (Å²) in [5.41, 5.74) is 2.83. The van der Waals surface area contributed by atoms with Crippen LogP contribution in [0.4, 0.5) is 0 Å². The molecule has 5 rings (SSSR count). The Hall–Kier alpha value is -2.78. The van der Waals surface area contributed by atoms with E-state index in [2.05, 4.69) is 0 Å². The third kappa shape index (κ3) is 4.15. The van der Waals surface area contributed by atoms with E-state index in [1.54, 1.807) is 23.1 Å². The van der Waals surface area contributed by atoms with Crippen LogP contribution in [0.3, 0.4) is 0 Å². The van der Waals surface area contributed by atoms with Gasteiger partial charge in [-0.1, -0.05) is 6.07 Å². The number of amides is 1. The molecule has 2 heterocycles. The third-order valence-corrected chi connectivity index (χ3v) is 8.45. The summed E-state index contributed by atoms with van der Waals surface area (Å²) in [6.07, 6.45) is 4.20. The molecule has 0 spiro atoms. The number of hydrogen-bond acceptors (Lipinski definition) is 6. The van der Waals surface area contributed by atoms with Crippen molar-refractivity contribution in [3.8, 4) is 17.2 Å². The Labute approximate surface area is 194 Å². The molecule has 1 saturated heterocycles. The Kier molecular flexibility index (Phi) is 5.92. The molecule has 0 atom stereocenters. The molecule has 0 radical (unpaired) electrons. The van der Waals surface area contributed by atoms with Crippen LogP contribution in [0.5, 0.6) is 17.2 Å². The first-order chi connectivity index (χ1) is 16.0. The molecule has 2 aromatic carbocycles. The monoisotopic (exact) mass is 472 g/mol. The number of rotatable bonds is 4. The summed E-state index contributed by atoms with van der Waals surface area (Å²) in [6.45, 7) is 1.99. The molecule has 33 heavy (non-hydrogen) atoms. The second kappa shape index (κ2) is 8.87. The average molecular weight is 473 g/mol. The lowest BCUT2D eigenvalue weighted by Crippen LogP contribution is -2.50. The molecule has 1 amide bonds. The number of sulfonamides is 1. The van der Waals surface area contributed by atoms with Crippen LogP contribution in [0.1, 0.15) is 34.3 Å². The number of fused-ring (bicyclic) bond motifs is 2. The van der Waals surface area contributed by atoms with Crippen LogP contribution in [0.2, 0.25) is 0 Å².